The summed E-state index contributed by atoms with van der Waals surface area (Å²) in [7, 11) is 0. The van der Waals surface area contributed by atoms with Crippen molar-refractivity contribution in [3.05, 3.63) is 57.8 Å². The van der Waals surface area contributed by atoms with Crippen molar-refractivity contribution in [2.45, 2.75) is 13.1 Å². The van der Waals surface area contributed by atoms with Crippen molar-refractivity contribution in [3.63, 3.8) is 0 Å². The molecule has 88 valence electrons. The van der Waals surface area contributed by atoms with E-state index in [9.17, 15) is 0 Å². The van der Waals surface area contributed by atoms with Crippen LogP contribution in [0.1, 0.15) is 11.3 Å². The van der Waals surface area contributed by atoms with Crippen molar-refractivity contribution in [2.24, 2.45) is 0 Å². The molecule has 1 heterocycles. The minimum Gasteiger partial charge on any atom is -0.307 e. The molecular weight excluding hydrogens is 257 g/mol. The van der Waals surface area contributed by atoms with Gasteiger partial charge in [0.2, 0.25) is 0 Å². The van der Waals surface area contributed by atoms with Gasteiger partial charge in [-0.2, -0.15) is 10.2 Å². The van der Waals surface area contributed by atoms with E-state index in [0.717, 1.165) is 11.3 Å². The van der Waals surface area contributed by atoms with Crippen LogP contribution in [0.25, 0.3) is 0 Å². The fraction of sp³-hybridized carbons (Fsp3) is 0.167. The second-order valence-corrected chi connectivity index (χ2v) is 4.40. The average molecular weight is 268 g/mol. The molecular formula is C12H11Cl2N3. The highest BCUT2D eigenvalue weighted by atomic mass is 35.5. The molecule has 1 N–H and O–H groups in total. The maximum atomic E-state index is 6.06. The second kappa shape index (κ2) is 5.96. The van der Waals surface area contributed by atoms with E-state index in [1.807, 2.05) is 24.3 Å². The summed E-state index contributed by atoms with van der Waals surface area (Å²) in [6.07, 6.45) is 1.65. The number of halogens is 2. The number of nitrogens with one attached hydrogen (secondary N) is 1. The highest BCUT2D eigenvalue weighted by Gasteiger charge is 2.01. The Morgan fingerprint density at radius 3 is 2.71 bits per heavy atom. The fourth-order valence-electron chi connectivity index (χ4n) is 1.42. The fourth-order valence-corrected chi connectivity index (χ4v) is 1.89. The van der Waals surface area contributed by atoms with E-state index in [1.165, 1.54) is 0 Å². The van der Waals surface area contributed by atoms with Gasteiger partial charge < -0.3 is 5.32 Å². The number of nitrogens with zero attached hydrogens (tertiary/aromatic N) is 2. The molecule has 1 aromatic carbocycles. The van der Waals surface area contributed by atoms with Crippen LogP contribution in [-0.4, -0.2) is 10.2 Å². The molecule has 0 aliphatic carbocycles. The predicted octanol–water partition coefficient (Wildman–Crippen LogP) is 3.07. The lowest BCUT2D eigenvalue weighted by atomic mass is 10.2. The molecule has 17 heavy (non-hydrogen) atoms. The van der Waals surface area contributed by atoms with Gasteiger partial charge >= 0.3 is 0 Å². The van der Waals surface area contributed by atoms with Crippen LogP contribution in [0.4, 0.5) is 0 Å². The number of rotatable bonds is 4. The van der Waals surface area contributed by atoms with E-state index in [0.29, 0.717) is 23.1 Å². The molecule has 0 atom stereocenters. The Morgan fingerprint density at radius 1 is 1.12 bits per heavy atom. The maximum absolute atomic E-state index is 6.06. The SMILES string of the molecule is Clc1ccc(CNCc2cccnn2)c(Cl)c1. The topological polar surface area (TPSA) is 37.8 Å². The van der Waals surface area contributed by atoms with Gasteiger partial charge in [0.25, 0.3) is 0 Å². The van der Waals surface area contributed by atoms with E-state index < -0.39 is 0 Å². The zero-order chi connectivity index (χ0) is 12.1. The molecule has 5 heteroatoms. The van der Waals surface area contributed by atoms with Crippen LogP contribution < -0.4 is 5.32 Å². The van der Waals surface area contributed by atoms with Gasteiger partial charge in [0.15, 0.2) is 0 Å². The van der Waals surface area contributed by atoms with E-state index in [2.05, 4.69) is 15.5 Å². The summed E-state index contributed by atoms with van der Waals surface area (Å²) in [5.74, 6) is 0. The van der Waals surface area contributed by atoms with Crippen LogP contribution in [0.5, 0.6) is 0 Å². The third-order valence-corrected chi connectivity index (χ3v) is 2.85. The molecule has 0 spiro atoms. The van der Waals surface area contributed by atoms with Crippen molar-refractivity contribution in [3.8, 4) is 0 Å². The van der Waals surface area contributed by atoms with E-state index in [1.54, 1.807) is 12.3 Å². The second-order valence-electron chi connectivity index (χ2n) is 3.55. The summed E-state index contributed by atoms with van der Waals surface area (Å²) >= 11 is 11.9. The number of hydrogen-bond acceptors (Lipinski definition) is 3. The Bertz CT molecular complexity index is 488. The van der Waals surface area contributed by atoms with Crippen LogP contribution in [0.2, 0.25) is 10.0 Å². The molecule has 3 nitrogen and oxygen atoms in total. The van der Waals surface area contributed by atoms with Crippen molar-refractivity contribution >= 4 is 23.2 Å². The van der Waals surface area contributed by atoms with Crippen molar-refractivity contribution in [2.75, 3.05) is 0 Å². The van der Waals surface area contributed by atoms with Crippen LogP contribution in [0, 0.1) is 0 Å². The normalized spacial score (nSPS) is 10.5. The van der Waals surface area contributed by atoms with Crippen LogP contribution >= 0.6 is 23.2 Å². The molecule has 0 aliphatic rings. The van der Waals surface area contributed by atoms with Gasteiger partial charge in [-0.25, -0.2) is 0 Å². The standard InChI is InChI=1S/C12H11Cl2N3/c13-10-4-3-9(12(14)6-10)7-15-8-11-2-1-5-16-17-11/h1-6,15H,7-8H2. The molecule has 0 fully saturated rings. The van der Waals surface area contributed by atoms with Crippen LogP contribution in [-0.2, 0) is 13.1 Å². The molecule has 0 radical (unpaired) electrons. The van der Waals surface area contributed by atoms with E-state index >= 15 is 0 Å². The average Bonchev–Trinajstić information content (AvgIpc) is 2.33. The van der Waals surface area contributed by atoms with Crippen molar-refractivity contribution in [1.82, 2.24) is 15.5 Å². The predicted molar refractivity (Wildman–Crippen MR) is 69.0 cm³/mol. The summed E-state index contributed by atoms with van der Waals surface area (Å²) in [5, 5.41) is 12.4. The lowest BCUT2D eigenvalue weighted by Crippen LogP contribution is -2.14. The molecule has 0 amide bonds. The van der Waals surface area contributed by atoms with Gasteiger partial charge in [0, 0.05) is 29.3 Å². The molecule has 0 unspecified atom stereocenters. The molecule has 0 saturated heterocycles. The van der Waals surface area contributed by atoms with Gasteiger partial charge in [-0.1, -0.05) is 29.3 Å². The van der Waals surface area contributed by atoms with Crippen LogP contribution in [0.3, 0.4) is 0 Å². The molecule has 1 aromatic heterocycles. The molecule has 0 aliphatic heterocycles. The Morgan fingerprint density at radius 2 is 2.00 bits per heavy atom. The smallest absolute Gasteiger partial charge is 0.0769 e. The van der Waals surface area contributed by atoms with Gasteiger partial charge in [-0.15, -0.1) is 0 Å². The Hall–Kier alpha value is -1.16. The zero-order valence-corrected chi connectivity index (χ0v) is 10.5. The first kappa shape index (κ1) is 12.3. The van der Waals surface area contributed by atoms with Gasteiger partial charge in [0.05, 0.1) is 5.69 Å². The number of hydrogen-bond donors (Lipinski definition) is 1. The molecule has 0 bridgehead atoms. The summed E-state index contributed by atoms with van der Waals surface area (Å²) in [6.45, 7) is 1.33. The summed E-state index contributed by atoms with van der Waals surface area (Å²) in [5.41, 5.74) is 1.91. The van der Waals surface area contributed by atoms with Gasteiger partial charge in [0.1, 0.15) is 0 Å². The summed E-state index contributed by atoms with van der Waals surface area (Å²) < 4.78 is 0. The quantitative estimate of drug-likeness (QED) is 0.926. The van der Waals surface area contributed by atoms with Gasteiger partial charge in [-0.05, 0) is 29.8 Å². The Kier molecular flexibility index (Phi) is 4.31. The maximum Gasteiger partial charge on any atom is 0.0769 e. The Labute approximate surface area is 110 Å². The first-order valence-electron chi connectivity index (χ1n) is 5.17. The highest BCUT2D eigenvalue weighted by Crippen LogP contribution is 2.20. The molecule has 0 saturated carbocycles. The van der Waals surface area contributed by atoms with E-state index in [4.69, 9.17) is 23.2 Å². The Balaban J connectivity index is 1.90. The van der Waals surface area contributed by atoms with Crippen LogP contribution in [0.15, 0.2) is 36.5 Å². The third kappa shape index (κ3) is 3.66. The molecule has 2 aromatic rings. The first-order valence-corrected chi connectivity index (χ1v) is 5.92. The van der Waals surface area contributed by atoms with Crippen molar-refractivity contribution in [1.29, 1.82) is 0 Å². The molecule has 2 rings (SSSR count). The summed E-state index contributed by atoms with van der Waals surface area (Å²) in [4.78, 5) is 0. The number of aromatic nitrogens is 2. The minimum absolute atomic E-state index is 0.646. The highest BCUT2D eigenvalue weighted by molar-refractivity contribution is 6.35. The summed E-state index contributed by atoms with van der Waals surface area (Å²) in [6, 6.07) is 9.26. The lowest BCUT2D eigenvalue weighted by molar-refractivity contribution is 0.670. The zero-order valence-electron chi connectivity index (χ0n) is 9.03. The largest absolute Gasteiger partial charge is 0.307 e. The van der Waals surface area contributed by atoms with E-state index in [-0.39, 0.29) is 0 Å². The monoisotopic (exact) mass is 267 g/mol. The lowest BCUT2D eigenvalue weighted by Gasteiger charge is -2.06. The van der Waals surface area contributed by atoms with Gasteiger partial charge in [-0.3, -0.25) is 0 Å². The number of benzene rings is 1. The minimum atomic E-state index is 0.646. The first-order chi connectivity index (χ1) is 8.25. The third-order valence-electron chi connectivity index (χ3n) is 2.26. The van der Waals surface area contributed by atoms with Crippen molar-refractivity contribution < 1.29 is 0 Å².